The average molecular weight is 286 g/mol. The third-order valence-corrected chi connectivity index (χ3v) is 6.06. The van der Waals surface area contributed by atoms with Crippen molar-refractivity contribution in [3.63, 3.8) is 0 Å². The van der Waals surface area contributed by atoms with E-state index in [1.165, 1.54) is 24.4 Å². The fourth-order valence-electron chi connectivity index (χ4n) is 4.86. The standard InChI is InChI=1S/C18H26N2O/c1-5-13-15(21-7-3)17(4,6-2)14-12-18(14)8-9-19-10-11-20(13)16(18)19/h10-12,16H,5-9H2,1-4H3. The molecule has 1 spiro atoms. The summed E-state index contributed by atoms with van der Waals surface area (Å²) in [6, 6.07) is 0. The Morgan fingerprint density at radius 2 is 2.10 bits per heavy atom. The third-order valence-electron chi connectivity index (χ3n) is 6.06. The van der Waals surface area contributed by atoms with Gasteiger partial charge in [0.1, 0.15) is 11.9 Å². The van der Waals surface area contributed by atoms with E-state index in [1.807, 2.05) is 0 Å². The zero-order chi connectivity index (χ0) is 14.8. The molecule has 0 bridgehead atoms. The van der Waals surface area contributed by atoms with Crippen LogP contribution < -0.4 is 0 Å². The van der Waals surface area contributed by atoms with Crippen molar-refractivity contribution in [2.45, 2.75) is 53.1 Å². The van der Waals surface area contributed by atoms with Crippen LogP contribution in [-0.2, 0) is 4.74 Å². The summed E-state index contributed by atoms with van der Waals surface area (Å²) in [7, 11) is 0. The number of hydrogen-bond acceptors (Lipinski definition) is 3. The van der Waals surface area contributed by atoms with Crippen molar-refractivity contribution in [2.75, 3.05) is 13.2 Å². The van der Waals surface area contributed by atoms with Crippen molar-refractivity contribution in [3.05, 3.63) is 35.5 Å². The summed E-state index contributed by atoms with van der Waals surface area (Å²) in [5, 5.41) is 0. The van der Waals surface area contributed by atoms with Crippen LogP contribution in [0.3, 0.4) is 0 Å². The van der Waals surface area contributed by atoms with Gasteiger partial charge >= 0.3 is 0 Å². The molecule has 3 heterocycles. The van der Waals surface area contributed by atoms with Crippen LogP contribution in [-0.4, -0.2) is 29.1 Å². The summed E-state index contributed by atoms with van der Waals surface area (Å²) in [4.78, 5) is 5.02. The van der Waals surface area contributed by atoms with E-state index in [0.717, 1.165) is 19.4 Å². The summed E-state index contributed by atoms with van der Waals surface area (Å²) >= 11 is 0. The van der Waals surface area contributed by atoms with E-state index >= 15 is 0 Å². The SMILES string of the molecule is CCOC1=C(CC)N2C=CN3CCC4(C=C4C1(C)CC)C32. The Hall–Kier alpha value is -1.38. The molecule has 0 N–H and O–H groups in total. The maximum Gasteiger partial charge on any atom is 0.125 e. The van der Waals surface area contributed by atoms with E-state index < -0.39 is 0 Å². The molecule has 4 rings (SSSR count). The van der Waals surface area contributed by atoms with Crippen molar-refractivity contribution < 1.29 is 4.74 Å². The fourth-order valence-corrected chi connectivity index (χ4v) is 4.86. The lowest BCUT2D eigenvalue weighted by atomic mass is 9.76. The molecule has 0 aromatic carbocycles. The van der Waals surface area contributed by atoms with Crippen LogP contribution in [0.15, 0.2) is 35.5 Å². The molecule has 0 amide bonds. The van der Waals surface area contributed by atoms with Crippen molar-refractivity contribution in [2.24, 2.45) is 10.8 Å². The van der Waals surface area contributed by atoms with Crippen LogP contribution in [0.25, 0.3) is 0 Å². The van der Waals surface area contributed by atoms with Crippen LogP contribution in [0, 0.1) is 10.8 Å². The van der Waals surface area contributed by atoms with Crippen LogP contribution in [0.4, 0.5) is 0 Å². The molecule has 1 aliphatic carbocycles. The largest absolute Gasteiger partial charge is 0.495 e. The Morgan fingerprint density at radius 1 is 1.29 bits per heavy atom. The molecule has 1 fully saturated rings. The summed E-state index contributed by atoms with van der Waals surface area (Å²) in [6.07, 6.45) is 11.0. The van der Waals surface area contributed by atoms with Crippen molar-refractivity contribution in [1.29, 1.82) is 0 Å². The predicted molar refractivity (Wildman–Crippen MR) is 83.9 cm³/mol. The molecule has 0 radical (unpaired) electrons. The summed E-state index contributed by atoms with van der Waals surface area (Å²) < 4.78 is 6.23. The molecule has 4 aliphatic rings. The number of ether oxygens (including phenoxy) is 1. The number of nitrogens with zero attached hydrogens (tertiary/aromatic N) is 2. The Balaban J connectivity index is 1.90. The first-order valence-electron chi connectivity index (χ1n) is 8.45. The first-order valence-corrected chi connectivity index (χ1v) is 8.45. The van der Waals surface area contributed by atoms with Gasteiger partial charge in [-0.1, -0.05) is 19.9 Å². The van der Waals surface area contributed by atoms with Gasteiger partial charge in [0.15, 0.2) is 0 Å². The molecule has 114 valence electrons. The second kappa shape index (κ2) is 4.08. The minimum atomic E-state index is 0.0789. The van der Waals surface area contributed by atoms with Gasteiger partial charge in [-0.3, -0.25) is 0 Å². The van der Waals surface area contributed by atoms with Gasteiger partial charge in [0, 0.05) is 24.4 Å². The van der Waals surface area contributed by atoms with Gasteiger partial charge in [-0.2, -0.15) is 0 Å². The quantitative estimate of drug-likeness (QED) is 0.731. The monoisotopic (exact) mass is 286 g/mol. The van der Waals surface area contributed by atoms with E-state index in [9.17, 15) is 0 Å². The van der Waals surface area contributed by atoms with Crippen LogP contribution in [0.1, 0.15) is 47.0 Å². The topological polar surface area (TPSA) is 15.7 Å². The Labute approximate surface area is 127 Å². The maximum absolute atomic E-state index is 6.23. The van der Waals surface area contributed by atoms with E-state index in [4.69, 9.17) is 4.74 Å². The third kappa shape index (κ3) is 1.40. The molecule has 3 unspecified atom stereocenters. The molecular weight excluding hydrogens is 260 g/mol. The van der Waals surface area contributed by atoms with E-state index in [1.54, 1.807) is 5.57 Å². The molecule has 3 aliphatic heterocycles. The highest BCUT2D eigenvalue weighted by molar-refractivity contribution is 5.54. The van der Waals surface area contributed by atoms with Gasteiger partial charge < -0.3 is 14.5 Å². The Bertz CT molecular complexity index is 576. The van der Waals surface area contributed by atoms with Gasteiger partial charge in [0.2, 0.25) is 0 Å². The first-order chi connectivity index (χ1) is 10.1. The lowest BCUT2D eigenvalue weighted by Gasteiger charge is -2.33. The fraction of sp³-hybridized carbons (Fsp3) is 0.667. The summed E-state index contributed by atoms with van der Waals surface area (Å²) in [5.41, 5.74) is 3.40. The van der Waals surface area contributed by atoms with Crippen LogP contribution in [0.5, 0.6) is 0 Å². The van der Waals surface area contributed by atoms with Gasteiger partial charge in [0.05, 0.1) is 17.7 Å². The van der Waals surface area contributed by atoms with Crippen molar-refractivity contribution in [3.8, 4) is 0 Å². The van der Waals surface area contributed by atoms with Gasteiger partial charge in [-0.25, -0.2) is 0 Å². The zero-order valence-corrected chi connectivity index (χ0v) is 13.6. The molecule has 0 aromatic rings. The second-order valence-corrected chi connectivity index (χ2v) is 6.91. The lowest BCUT2D eigenvalue weighted by molar-refractivity contribution is 0.147. The van der Waals surface area contributed by atoms with E-state index in [0.29, 0.717) is 11.6 Å². The molecule has 3 heteroatoms. The average Bonchev–Trinajstić information content (AvgIpc) is 2.93. The van der Waals surface area contributed by atoms with Gasteiger partial charge in [-0.05, 0) is 38.7 Å². The van der Waals surface area contributed by atoms with Crippen LogP contribution in [0.2, 0.25) is 0 Å². The molecule has 0 aromatic heterocycles. The summed E-state index contributed by atoms with van der Waals surface area (Å²) in [6.45, 7) is 11.0. The van der Waals surface area contributed by atoms with Crippen molar-refractivity contribution in [1.82, 2.24) is 9.80 Å². The molecule has 21 heavy (non-hydrogen) atoms. The molecule has 3 atom stereocenters. The molecule has 3 nitrogen and oxygen atoms in total. The van der Waals surface area contributed by atoms with Gasteiger partial charge in [0.25, 0.3) is 0 Å². The summed E-state index contributed by atoms with van der Waals surface area (Å²) in [5.74, 6) is 1.22. The molecule has 1 saturated heterocycles. The maximum atomic E-state index is 6.23. The number of allylic oxidation sites excluding steroid dienone is 2. The van der Waals surface area contributed by atoms with E-state index in [-0.39, 0.29) is 5.41 Å². The Morgan fingerprint density at radius 3 is 2.76 bits per heavy atom. The highest BCUT2D eigenvalue weighted by Gasteiger charge is 2.66. The number of hydrogen-bond donors (Lipinski definition) is 0. The number of rotatable bonds is 4. The molecule has 0 saturated carbocycles. The van der Waals surface area contributed by atoms with E-state index in [2.05, 4.69) is 56.0 Å². The highest BCUT2D eigenvalue weighted by atomic mass is 16.5. The lowest BCUT2D eigenvalue weighted by Crippen LogP contribution is -2.39. The highest BCUT2D eigenvalue weighted by Crippen LogP contribution is 2.68. The zero-order valence-electron chi connectivity index (χ0n) is 13.6. The normalized spacial score (nSPS) is 39.2. The Kier molecular flexibility index (Phi) is 2.59. The minimum Gasteiger partial charge on any atom is -0.495 e. The first kappa shape index (κ1) is 13.3. The van der Waals surface area contributed by atoms with Crippen LogP contribution >= 0.6 is 0 Å². The minimum absolute atomic E-state index is 0.0789. The van der Waals surface area contributed by atoms with Crippen molar-refractivity contribution >= 4 is 0 Å². The smallest absolute Gasteiger partial charge is 0.125 e. The molecular formula is C18H26N2O. The van der Waals surface area contributed by atoms with Gasteiger partial charge in [-0.15, -0.1) is 0 Å². The second-order valence-electron chi connectivity index (χ2n) is 6.91. The predicted octanol–water partition coefficient (Wildman–Crippen LogP) is 3.82.